The first-order valence-electron chi connectivity index (χ1n) is 20.0. The Morgan fingerprint density at radius 1 is 0.885 bits per heavy atom. The van der Waals surface area contributed by atoms with Gasteiger partial charge >= 0.3 is 6.03 Å². The van der Waals surface area contributed by atoms with Gasteiger partial charge in [0, 0.05) is 42.7 Å². The lowest BCUT2D eigenvalue weighted by molar-refractivity contribution is -0.276. The van der Waals surface area contributed by atoms with Crippen LogP contribution in [-0.2, 0) is 22.6 Å². The molecular weight excluding hydrogens is 647 g/mol. The molecule has 6 fully saturated rings. The van der Waals surface area contributed by atoms with E-state index < -0.39 is 6.29 Å². The zero-order valence-electron chi connectivity index (χ0n) is 30.9. The van der Waals surface area contributed by atoms with Gasteiger partial charge in [-0.05, 0) is 103 Å². The smallest absolute Gasteiger partial charge is 0.315 e. The molecule has 0 radical (unpaired) electrons. The number of urea groups is 1. The van der Waals surface area contributed by atoms with Gasteiger partial charge in [0.25, 0.3) is 0 Å². The molecule has 5 aliphatic carbocycles. The number of rotatable bonds is 12. The molecule has 0 aromatic heterocycles. The number of benzene rings is 3. The number of aliphatic hydroxyl groups is 1. The lowest BCUT2D eigenvalue weighted by Gasteiger charge is -2.56. The van der Waals surface area contributed by atoms with Crippen molar-refractivity contribution in [3.8, 4) is 11.1 Å². The Morgan fingerprint density at radius 3 is 2.21 bits per heavy atom. The summed E-state index contributed by atoms with van der Waals surface area (Å²) in [5.74, 6) is 2.54. The summed E-state index contributed by atoms with van der Waals surface area (Å²) in [7, 11) is 0. The van der Waals surface area contributed by atoms with Gasteiger partial charge < -0.3 is 25.2 Å². The molecule has 3 aromatic rings. The minimum absolute atomic E-state index is 0.0116. The largest absolute Gasteiger partial charge is 0.392 e. The van der Waals surface area contributed by atoms with Crippen molar-refractivity contribution in [2.24, 2.45) is 23.7 Å². The monoisotopic (exact) mass is 703 g/mol. The quantitative estimate of drug-likeness (QED) is 0.164. The van der Waals surface area contributed by atoms with Crippen LogP contribution in [0.3, 0.4) is 0 Å². The van der Waals surface area contributed by atoms with E-state index in [1.54, 1.807) is 0 Å². The Morgan fingerprint density at radius 2 is 1.56 bits per heavy atom. The highest BCUT2D eigenvalue weighted by Crippen LogP contribution is 2.55. The fourth-order valence-corrected chi connectivity index (χ4v) is 10.8. The lowest BCUT2D eigenvalue weighted by atomic mass is 9.53. The van der Waals surface area contributed by atoms with Crippen molar-refractivity contribution in [2.45, 2.75) is 114 Å². The van der Waals surface area contributed by atoms with Crippen molar-refractivity contribution in [3.05, 3.63) is 108 Å². The maximum Gasteiger partial charge on any atom is 0.315 e. The standard InChI is InChI=1S/C45H57N3O4/c1-3-19-48(40-9-4-5-10-40)28-41-30(2)42(37-13-11-31(29-49)12-14-37)52-43(51-41)38-17-15-36(16-18-38)39-8-6-7-32(23-39)27-46-44(50)47-45-24-33-20-34(25-45)22-35(21-33)26-45/h3,6-8,11-18,23,30,33-35,40-43,49H,1,4-5,9-10,19-22,24-29H2,2H3,(H2,46,47,50). The normalized spacial score (nSPS) is 31.2. The van der Waals surface area contributed by atoms with E-state index in [2.05, 4.69) is 89.7 Å². The number of aliphatic hydroxyl groups excluding tert-OH is 1. The minimum atomic E-state index is -0.505. The maximum absolute atomic E-state index is 13.1. The second-order valence-electron chi connectivity index (χ2n) is 16.8. The topological polar surface area (TPSA) is 83.1 Å². The van der Waals surface area contributed by atoms with Crippen LogP contribution in [0.4, 0.5) is 4.79 Å². The first-order chi connectivity index (χ1) is 25.4. The Kier molecular flexibility index (Phi) is 10.6. The van der Waals surface area contributed by atoms with Gasteiger partial charge in [-0.3, -0.25) is 4.90 Å². The molecule has 3 aromatic carbocycles. The lowest BCUT2D eigenvalue weighted by Crippen LogP contribution is -2.61. The van der Waals surface area contributed by atoms with E-state index in [0.29, 0.717) is 12.6 Å². The third-order valence-corrected chi connectivity index (χ3v) is 13.1. The first kappa shape index (κ1) is 35.5. The van der Waals surface area contributed by atoms with E-state index >= 15 is 0 Å². The van der Waals surface area contributed by atoms with Crippen LogP contribution in [0.1, 0.15) is 106 Å². The third kappa shape index (κ3) is 7.75. The van der Waals surface area contributed by atoms with Gasteiger partial charge in [-0.1, -0.05) is 92.6 Å². The van der Waals surface area contributed by atoms with Crippen LogP contribution in [0.2, 0.25) is 0 Å². The van der Waals surface area contributed by atoms with Crippen LogP contribution < -0.4 is 10.6 Å². The molecular formula is C45H57N3O4. The Labute approximate surface area is 310 Å². The summed E-state index contributed by atoms with van der Waals surface area (Å²) in [6.45, 7) is 8.52. The molecule has 6 aliphatic rings. The number of amides is 2. The molecule has 0 spiro atoms. The highest BCUT2D eigenvalue weighted by Gasteiger charge is 2.51. The van der Waals surface area contributed by atoms with Gasteiger partial charge in [0.1, 0.15) is 0 Å². The zero-order chi connectivity index (χ0) is 35.7. The van der Waals surface area contributed by atoms with Crippen LogP contribution in [0.25, 0.3) is 11.1 Å². The van der Waals surface area contributed by atoms with E-state index in [1.807, 2.05) is 18.2 Å². The predicted octanol–water partition coefficient (Wildman–Crippen LogP) is 8.84. The maximum atomic E-state index is 13.1. The van der Waals surface area contributed by atoms with Gasteiger partial charge in [0.15, 0.2) is 6.29 Å². The van der Waals surface area contributed by atoms with Gasteiger partial charge in [-0.25, -0.2) is 4.79 Å². The van der Waals surface area contributed by atoms with Crippen molar-refractivity contribution in [1.82, 2.24) is 15.5 Å². The summed E-state index contributed by atoms with van der Waals surface area (Å²) in [5, 5.41) is 16.3. The summed E-state index contributed by atoms with van der Waals surface area (Å²) < 4.78 is 13.6. The van der Waals surface area contributed by atoms with Crippen molar-refractivity contribution in [1.29, 1.82) is 0 Å². The van der Waals surface area contributed by atoms with Gasteiger partial charge in [0.2, 0.25) is 0 Å². The molecule has 7 heteroatoms. The molecule has 1 saturated heterocycles. The van der Waals surface area contributed by atoms with E-state index in [9.17, 15) is 9.90 Å². The van der Waals surface area contributed by atoms with Crippen molar-refractivity contribution >= 4 is 6.03 Å². The highest BCUT2D eigenvalue weighted by atomic mass is 16.7. The molecule has 276 valence electrons. The molecule has 4 unspecified atom stereocenters. The zero-order valence-corrected chi connectivity index (χ0v) is 30.9. The van der Waals surface area contributed by atoms with Crippen LogP contribution in [-0.4, -0.2) is 46.8 Å². The molecule has 5 saturated carbocycles. The van der Waals surface area contributed by atoms with Crippen LogP contribution in [0.5, 0.6) is 0 Å². The summed E-state index contributed by atoms with van der Waals surface area (Å²) in [4.78, 5) is 15.7. The number of carbonyl (C=O) groups excluding carboxylic acids is 1. The van der Waals surface area contributed by atoms with E-state index in [-0.39, 0.29) is 36.3 Å². The molecule has 1 heterocycles. The third-order valence-electron chi connectivity index (χ3n) is 13.1. The number of carbonyl (C=O) groups is 1. The summed E-state index contributed by atoms with van der Waals surface area (Å²) in [6.07, 6.45) is 13.9. The summed E-state index contributed by atoms with van der Waals surface area (Å²) >= 11 is 0. The molecule has 9 rings (SSSR count). The fourth-order valence-electron chi connectivity index (χ4n) is 10.8. The van der Waals surface area contributed by atoms with E-state index in [1.165, 1.54) is 44.9 Å². The van der Waals surface area contributed by atoms with Gasteiger partial charge in [-0.15, -0.1) is 6.58 Å². The second-order valence-corrected chi connectivity index (χ2v) is 16.8. The molecule has 4 atom stereocenters. The van der Waals surface area contributed by atoms with E-state index in [0.717, 1.165) is 83.5 Å². The van der Waals surface area contributed by atoms with Gasteiger partial charge in [-0.2, -0.15) is 0 Å². The molecule has 3 N–H and O–H groups in total. The number of hydrogen-bond donors (Lipinski definition) is 3. The summed E-state index contributed by atoms with van der Waals surface area (Å²) in [5.41, 5.74) is 6.31. The SMILES string of the molecule is C=CCN(CC1OC(c2ccc(-c3cccc(CNC(=O)NC45CC6CC(CC(C6)C4)C5)c3)cc2)OC(c2ccc(CO)cc2)C1C)C1CCCC1. The predicted molar refractivity (Wildman–Crippen MR) is 205 cm³/mol. The Hall–Kier alpha value is -3.49. The second kappa shape index (κ2) is 15.5. The minimum Gasteiger partial charge on any atom is -0.392 e. The molecule has 7 nitrogen and oxygen atoms in total. The van der Waals surface area contributed by atoms with Gasteiger partial charge in [0.05, 0.1) is 18.8 Å². The van der Waals surface area contributed by atoms with Crippen LogP contribution >= 0.6 is 0 Å². The summed E-state index contributed by atoms with van der Waals surface area (Å²) in [6, 6.07) is 25.7. The van der Waals surface area contributed by atoms with Crippen molar-refractivity contribution < 1.29 is 19.4 Å². The molecule has 1 aliphatic heterocycles. The van der Waals surface area contributed by atoms with Crippen molar-refractivity contribution in [2.75, 3.05) is 13.1 Å². The van der Waals surface area contributed by atoms with Crippen LogP contribution in [0.15, 0.2) is 85.5 Å². The first-order valence-corrected chi connectivity index (χ1v) is 20.0. The van der Waals surface area contributed by atoms with Crippen LogP contribution in [0, 0.1) is 23.7 Å². The molecule has 2 amide bonds. The number of hydrogen-bond acceptors (Lipinski definition) is 5. The number of nitrogens with zero attached hydrogens (tertiary/aromatic N) is 1. The molecule has 4 bridgehead atoms. The molecule has 52 heavy (non-hydrogen) atoms. The van der Waals surface area contributed by atoms with Crippen molar-refractivity contribution in [3.63, 3.8) is 0 Å². The van der Waals surface area contributed by atoms with E-state index in [4.69, 9.17) is 9.47 Å². The Balaban J connectivity index is 0.947. The average molecular weight is 704 g/mol. The highest BCUT2D eigenvalue weighted by molar-refractivity contribution is 5.75. The Bertz CT molecular complexity index is 1650. The fraction of sp³-hybridized carbons (Fsp3) is 0.533. The average Bonchev–Trinajstić information content (AvgIpc) is 3.69. The number of ether oxygens (including phenoxy) is 2. The number of nitrogens with one attached hydrogen (secondary N) is 2.